The van der Waals surface area contributed by atoms with Crippen molar-refractivity contribution in [2.75, 3.05) is 13.6 Å². The molecular weight excluding hydrogens is 238 g/mol. The zero-order valence-corrected chi connectivity index (χ0v) is 12.4. The van der Waals surface area contributed by atoms with E-state index in [1.165, 1.54) is 11.3 Å². The molecule has 1 amide bonds. The van der Waals surface area contributed by atoms with Crippen LogP contribution in [0.5, 0.6) is 0 Å². The maximum Gasteiger partial charge on any atom is 0.242 e. The molecule has 0 saturated heterocycles. The zero-order valence-electron chi connectivity index (χ0n) is 12.4. The standard InChI is InChI=1S/C15H25N3O/c1-5-17(4)14(19)10-18-7-6-11-12(16)8-15(2,3)9-13(11)18/h6-7,12H,5,8-10,16H2,1-4H3. The molecule has 1 heterocycles. The van der Waals surface area contributed by atoms with Gasteiger partial charge in [0.1, 0.15) is 6.54 Å². The van der Waals surface area contributed by atoms with Gasteiger partial charge in [-0.15, -0.1) is 0 Å². The second-order valence-electron chi connectivity index (χ2n) is 6.41. The van der Waals surface area contributed by atoms with Crippen molar-refractivity contribution in [3.8, 4) is 0 Å². The van der Waals surface area contributed by atoms with Gasteiger partial charge >= 0.3 is 0 Å². The first kappa shape index (κ1) is 14.1. The lowest BCUT2D eigenvalue weighted by Gasteiger charge is -2.34. The number of fused-ring (bicyclic) bond motifs is 1. The van der Waals surface area contributed by atoms with E-state index >= 15 is 0 Å². The van der Waals surface area contributed by atoms with Crippen molar-refractivity contribution in [2.45, 2.75) is 46.2 Å². The van der Waals surface area contributed by atoms with Gasteiger partial charge in [0, 0.05) is 31.5 Å². The molecule has 0 aliphatic heterocycles. The fourth-order valence-electron chi connectivity index (χ4n) is 2.89. The van der Waals surface area contributed by atoms with Crippen LogP contribution in [0.1, 0.15) is 44.5 Å². The predicted octanol–water partition coefficient (Wildman–Crippen LogP) is 1.94. The van der Waals surface area contributed by atoms with Crippen LogP contribution in [-0.4, -0.2) is 29.0 Å². The van der Waals surface area contributed by atoms with Crippen LogP contribution in [0.4, 0.5) is 0 Å². The highest BCUT2D eigenvalue weighted by molar-refractivity contribution is 5.75. The lowest BCUT2D eigenvalue weighted by atomic mass is 9.74. The van der Waals surface area contributed by atoms with Gasteiger partial charge in [0.15, 0.2) is 0 Å². The van der Waals surface area contributed by atoms with E-state index < -0.39 is 0 Å². The van der Waals surface area contributed by atoms with Gasteiger partial charge in [0.05, 0.1) is 0 Å². The van der Waals surface area contributed by atoms with Crippen LogP contribution in [0, 0.1) is 5.41 Å². The van der Waals surface area contributed by atoms with Crippen LogP contribution in [0.15, 0.2) is 12.3 Å². The highest BCUT2D eigenvalue weighted by atomic mass is 16.2. The van der Waals surface area contributed by atoms with E-state index in [1.54, 1.807) is 4.90 Å². The monoisotopic (exact) mass is 263 g/mol. The molecule has 1 atom stereocenters. The van der Waals surface area contributed by atoms with E-state index in [2.05, 4.69) is 24.5 Å². The summed E-state index contributed by atoms with van der Waals surface area (Å²) in [4.78, 5) is 13.8. The summed E-state index contributed by atoms with van der Waals surface area (Å²) in [6.07, 6.45) is 4.01. The molecule has 0 bridgehead atoms. The van der Waals surface area contributed by atoms with E-state index in [9.17, 15) is 4.79 Å². The van der Waals surface area contributed by atoms with E-state index in [0.29, 0.717) is 6.54 Å². The quantitative estimate of drug-likeness (QED) is 0.906. The fourth-order valence-corrected chi connectivity index (χ4v) is 2.89. The van der Waals surface area contributed by atoms with Gasteiger partial charge in [0.2, 0.25) is 5.91 Å². The Morgan fingerprint density at radius 1 is 1.58 bits per heavy atom. The maximum atomic E-state index is 12.0. The molecule has 106 valence electrons. The number of likely N-dealkylation sites (N-methyl/N-ethyl adjacent to an activating group) is 1. The molecule has 0 aromatic carbocycles. The molecule has 4 heteroatoms. The first-order chi connectivity index (χ1) is 8.84. The summed E-state index contributed by atoms with van der Waals surface area (Å²) in [7, 11) is 1.84. The zero-order chi connectivity index (χ0) is 14.2. The predicted molar refractivity (Wildman–Crippen MR) is 76.8 cm³/mol. The number of nitrogens with two attached hydrogens (primary N) is 1. The lowest BCUT2D eigenvalue weighted by Crippen LogP contribution is -2.33. The van der Waals surface area contributed by atoms with Crippen molar-refractivity contribution in [3.63, 3.8) is 0 Å². The summed E-state index contributed by atoms with van der Waals surface area (Å²) in [6, 6.07) is 2.17. The Hall–Kier alpha value is -1.29. The molecule has 1 aromatic rings. The van der Waals surface area contributed by atoms with Gasteiger partial charge in [0.25, 0.3) is 0 Å². The molecule has 0 radical (unpaired) electrons. The normalized spacial score (nSPS) is 21.0. The minimum Gasteiger partial charge on any atom is -0.344 e. The average molecular weight is 263 g/mol. The van der Waals surface area contributed by atoms with E-state index in [4.69, 9.17) is 5.73 Å². The third-order valence-electron chi connectivity index (χ3n) is 4.14. The van der Waals surface area contributed by atoms with Gasteiger partial charge in [-0.3, -0.25) is 4.79 Å². The van der Waals surface area contributed by atoms with E-state index in [-0.39, 0.29) is 17.4 Å². The molecule has 1 aromatic heterocycles. The first-order valence-corrected chi connectivity index (χ1v) is 7.01. The van der Waals surface area contributed by atoms with Crippen LogP contribution < -0.4 is 5.73 Å². The molecule has 2 rings (SSSR count). The average Bonchev–Trinajstić information content (AvgIpc) is 2.70. The van der Waals surface area contributed by atoms with Crippen LogP contribution in [-0.2, 0) is 17.8 Å². The maximum absolute atomic E-state index is 12.0. The Bertz CT molecular complexity index is 476. The Kier molecular flexibility index (Phi) is 3.72. The highest BCUT2D eigenvalue weighted by Gasteiger charge is 2.32. The van der Waals surface area contributed by atoms with Crippen molar-refractivity contribution in [3.05, 3.63) is 23.5 Å². The smallest absolute Gasteiger partial charge is 0.242 e. The molecule has 1 aliphatic carbocycles. The van der Waals surface area contributed by atoms with Crippen molar-refractivity contribution in [1.82, 2.24) is 9.47 Å². The van der Waals surface area contributed by atoms with E-state index in [0.717, 1.165) is 19.4 Å². The van der Waals surface area contributed by atoms with Gasteiger partial charge in [-0.25, -0.2) is 0 Å². The Morgan fingerprint density at radius 3 is 2.89 bits per heavy atom. The molecule has 1 unspecified atom stereocenters. The minimum absolute atomic E-state index is 0.0963. The Morgan fingerprint density at radius 2 is 2.26 bits per heavy atom. The molecule has 2 N–H and O–H groups in total. The number of nitrogens with zero attached hydrogens (tertiary/aromatic N) is 2. The molecular formula is C15H25N3O. The summed E-state index contributed by atoms with van der Waals surface area (Å²) < 4.78 is 2.07. The summed E-state index contributed by atoms with van der Waals surface area (Å²) in [5, 5.41) is 0. The number of rotatable bonds is 3. The van der Waals surface area contributed by atoms with Crippen LogP contribution >= 0.6 is 0 Å². The van der Waals surface area contributed by atoms with Crippen molar-refractivity contribution < 1.29 is 4.79 Å². The topological polar surface area (TPSA) is 51.3 Å². The van der Waals surface area contributed by atoms with Crippen LogP contribution in [0.25, 0.3) is 0 Å². The third kappa shape index (κ3) is 2.84. The summed E-state index contributed by atoms with van der Waals surface area (Å²) in [5.41, 5.74) is 8.91. The number of carbonyl (C=O) groups excluding carboxylic acids is 1. The minimum atomic E-state index is 0.0963. The van der Waals surface area contributed by atoms with Crippen molar-refractivity contribution in [2.24, 2.45) is 11.1 Å². The molecule has 0 saturated carbocycles. The largest absolute Gasteiger partial charge is 0.344 e. The van der Waals surface area contributed by atoms with Crippen LogP contribution in [0.2, 0.25) is 0 Å². The SMILES string of the molecule is CCN(C)C(=O)Cn1ccc2c1CC(C)(C)CC2N. The van der Waals surface area contributed by atoms with Crippen molar-refractivity contribution >= 4 is 5.91 Å². The first-order valence-electron chi connectivity index (χ1n) is 7.01. The van der Waals surface area contributed by atoms with Gasteiger partial charge < -0.3 is 15.2 Å². The fraction of sp³-hybridized carbons (Fsp3) is 0.667. The Labute approximate surface area is 115 Å². The number of amides is 1. The molecule has 0 spiro atoms. The second-order valence-corrected chi connectivity index (χ2v) is 6.41. The molecule has 19 heavy (non-hydrogen) atoms. The van der Waals surface area contributed by atoms with Crippen LogP contribution in [0.3, 0.4) is 0 Å². The molecule has 1 aliphatic rings. The Balaban J connectivity index is 2.23. The second kappa shape index (κ2) is 5.00. The number of hydrogen-bond donors (Lipinski definition) is 1. The third-order valence-corrected chi connectivity index (χ3v) is 4.14. The number of hydrogen-bond acceptors (Lipinski definition) is 2. The number of carbonyl (C=O) groups is 1. The molecule has 4 nitrogen and oxygen atoms in total. The molecule has 0 fully saturated rings. The van der Waals surface area contributed by atoms with Gasteiger partial charge in [-0.2, -0.15) is 0 Å². The van der Waals surface area contributed by atoms with Crippen molar-refractivity contribution in [1.29, 1.82) is 0 Å². The van der Waals surface area contributed by atoms with Gasteiger partial charge in [-0.1, -0.05) is 13.8 Å². The lowest BCUT2D eigenvalue weighted by molar-refractivity contribution is -0.130. The summed E-state index contributed by atoms with van der Waals surface area (Å²) >= 11 is 0. The number of aromatic nitrogens is 1. The summed E-state index contributed by atoms with van der Waals surface area (Å²) in [5.74, 6) is 0.151. The van der Waals surface area contributed by atoms with E-state index in [1.807, 2.05) is 20.2 Å². The summed E-state index contributed by atoms with van der Waals surface area (Å²) in [6.45, 7) is 7.64. The van der Waals surface area contributed by atoms with Gasteiger partial charge in [-0.05, 0) is 36.8 Å². The highest BCUT2D eigenvalue weighted by Crippen LogP contribution is 2.39.